The third-order valence-electron chi connectivity index (χ3n) is 3.18. The maximum absolute atomic E-state index is 5.77. The van der Waals surface area contributed by atoms with Gasteiger partial charge in [-0.1, -0.05) is 59.7 Å². The number of benzene rings is 2. The predicted molar refractivity (Wildman–Crippen MR) is 71.1 cm³/mol. The van der Waals surface area contributed by atoms with Crippen LogP contribution in [0.15, 0.2) is 48.5 Å². The summed E-state index contributed by atoms with van der Waals surface area (Å²) in [4.78, 5) is 10.5. The van der Waals surface area contributed by atoms with Gasteiger partial charge in [-0.25, -0.2) is 0 Å². The fourth-order valence-corrected chi connectivity index (χ4v) is 1.97. The van der Waals surface area contributed by atoms with Gasteiger partial charge in [-0.05, 0) is 13.8 Å². The summed E-state index contributed by atoms with van der Waals surface area (Å²) in [6.07, 6.45) is -0.932. The highest BCUT2D eigenvalue weighted by Crippen LogP contribution is 2.36. The third-order valence-corrected chi connectivity index (χ3v) is 3.18. The van der Waals surface area contributed by atoms with E-state index in [-0.39, 0.29) is 0 Å². The molecule has 2 aromatic rings. The minimum Gasteiger partial charge on any atom is -0.309 e. The minimum atomic E-state index is -0.466. The number of aryl methyl sites for hydroxylation is 2. The second-order valence-corrected chi connectivity index (χ2v) is 4.81. The normalized spacial score (nSPS) is 22.6. The Bertz CT molecular complexity index is 494. The van der Waals surface area contributed by atoms with E-state index in [1.54, 1.807) is 0 Å². The van der Waals surface area contributed by atoms with Crippen molar-refractivity contribution in [3.63, 3.8) is 0 Å². The Morgan fingerprint density at radius 1 is 0.632 bits per heavy atom. The lowest BCUT2D eigenvalue weighted by Gasteiger charge is -2.09. The average molecular weight is 256 g/mol. The predicted octanol–water partition coefficient (Wildman–Crippen LogP) is 3.98. The first-order valence-electron chi connectivity index (χ1n) is 6.33. The molecule has 1 heterocycles. The molecule has 0 aliphatic carbocycles. The minimum absolute atomic E-state index is 0.466. The van der Waals surface area contributed by atoms with Crippen molar-refractivity contribution in [3.05, 3.63) is 70.8 Å². The Balaban J connectivity index is 1.73. The van der Waals surface area contributed by atoms with Crippen LogP contribution in [0.25, 0.3) is 0 Å². The maximum atomic E-state index is 5.77. The first-order chi connectivity index (χ1) is 9.22. The zero-order valence-electron chi connectivity index (χ0n) is 11.0. The lowest BCUT2D eigenvalue weighted by Crippen LogP contribution is -2.00. The van der Waals surface area contributed by atoms with Gasteiger partial charge in [0.15, 0.2) is 0 Å². The topological polar surface area (TPSA) is 27.7 Å². The highest BCUT2D eigenvalue weighted by Gasteiger charge is 2.30. The SMILES string of the molecule is Cc1ccc(C2OOC(c3ccc(C)cc3)O2)cc1. The second-order valence-electron chi connectivity index (χ2n) is 4.81. The number of hydrogen-bond donors (Lipinski definition) is 0. The number of ether oxygens (including phenoxy) is 1. The number of rotatable bonds is 2. The fraction of sp³-hybridized carbons (Fsp3) is 0.250. The molecule has 0 radical (unpaired) electrons. The molecule has 2 aromatic carbocycles. The smallest absolute Gasteiger partial charge is 0.220 e. The summed E-state index contributed by atoms with van der Waals surface area (Å²) in [5.74, 6) is 0. The molecule has 0 aromatic heterocycles. The molecule has 1 saturated heterocycles. The highest BCUT2D eigenvalue weighted by atomic mass is 17.3. The van der Waals surface area contributed by atoms with Gasteiger partial charge < -0.3 is 4.74 Å². The molecule has 2 atom stereocenters. The average Bonchev–Trinajstić information content (AvgIpc) is 2.90. The van der Waals surface area contributed by atoms with Crippen LogP contribution >= 0.6 is 0 Å². The lowest BCUT2D eigenvalue weighted by molar-refractivity contribution is -0.300. The van der Waals surface area contributed by atoms with Gasteiger partial charge in [0.05, 0.1) is 0 Å². The summed E-state index contributed by atoms with van der Waals surface area (Å²) in [6, 6.07) is 16.1. The molecule has 0 spiro atoms. The van der Waals surface area contributed by atoms with Gasteiger partial charge in [0.2, 0.25) is 12.6 Å². The quantitative estimate of drug-likeness (QED) is 0.761. The van der Waals surface area contributed by atoms with Crippen LogP contribution in [-0.4, -0.2) is 0 Å². The molecule has 3 nitrogen and oxygen atoms in total. The first-order valence-corrected chi connectivity index (χ1v) is 6.33. The van der Waals surface area contributed by atoms with Crippen LogP contribution in [-0.2, 0) is 14.5 Å². The van der Waals surface area contributed by atoms with Gasteiger partial charge >= 0.3 is 0 Å². The molecule has 3 rings (SSSR count). The van der Waals surface area contributed by atoms with E-state index >= 15 is 0 Å². The summed E-state index contributed by atoms with van der Waals surface area (Å²) in [5, 5.41) is 0. The Morgan fingerprint density at radius 3 is 1.37 bits per heavy atom. The van der Waals surface area contributed by atoms with Crippen LogP contribution in [0.2, 0.25) is 0 Å². The van der Waals surface area contributed by atoms with Crippen LogP contribution in [0.3, 0.4) is 0 Å². The third kappa shape index (κ3) is 2.68. The van der Waals surface area contributed by atoms with E-state index in [4.69, 9.17) is 14.5 Å². The van der Waals surface area contributed by atoms with Crippen molar-refractivity contribution in [2.45, 2.75) is 26.4 Å². The van der Waals surface area contributed by atoms with Crippen LogP contribution in [0.4, 0.5) is 0 Å². The molecule has 3 heteroatoms. The second kappa shape index (κ2) is 5.13. The molecule has 1 aliphatic heterocycles. The standard InChI is InChI=1S/C16H16O3/c1-11-3-7-13(8-4-11)15-17-16(19-18-15)14-9-5-12(2)6-10-14/h3-10,15-16H,1-2H3. The maximum Gasteiger partial charge on any atom is 0.220 e. The van der Waals surface area contributed by atoms with Crippen molar-refractivity contribution in [3.8, 4) is 0 Å². The van der Waals surface area contributed by atoms with Crippen molar-refractivity contribution in [1.82, 2.24) is 0 Å². The summed E-state index contributed by atoms with van der Waals surface area (Å²) >= 11 is 0. The first kappa shape index (κ1) is 12.4. The Labute approximate surface area is 112 Å². The summed E-state index contributed by atoms with van der Waals surface area (Å²) in [6.45, 7) is 4.09. The van der Waals surface area contributed by atoms with Crippen molar-refractivity contribution in [1.29, 1.82) is 0 Å². The molecule has 0 saturated carbocycles. The van der Waals surface area contributed by atoms with Crippen molar-refractivity contribution < 1.29 is 14.5 Å². The Morgan fingerprint density at radius 2 is 1.00 bits per heavy atom. The van der Waals surface area contributed by atoms with E-state index in [0.29, 0.717) is 0 Å². The zero-order chi connectivity index (χ0) is 13.2. The van der Waals surface area contributed by atoms with Crippen LogP contribution in [0.1, 0.15) is 34.8 Å². The molecule has 0 bridgehead atoms. The van der Waals surface area contributed by atoms with E-state index in [1.807, 2.05) is 62.4 Å². The molecule has 98 valence electrons. The number of hydrogen-bond acceptors (Lipinski definition) is 3. The molecule has 1 aliphatic rings. The fourth-order valence-electron chi connectivity index (χ4n) is 1.97. The van der Waals surface area contributed by atoms with Gasteiger partial charge in [0.25, 0.3) is 0 Å². The summed E-state index contributed by atoms with van der Waals surface area (Å²) in [7, 11) is 0. The molecule has 0 N–H and O–H groups in total. The van der Waals surface area contributed by atoms with Gasteiger partial charge in [0, 0.05) is 11.1 Å². The van der Waals surface area contributed by atoms with E-state index in [2.05, 4.69) is 0 Å². The van der Waals surface area contributed by atoms with Gasteiger partial charge in [-0.15, -0.1) is 0 Å². The van der Waals surface area contributed by atoms with E-state index in [1.165, 1.54) is 11.1 Å². The van der Waals surface area contributed by atoms with E-state index < -0.39 is 12.6 Å². The zero-order valence-corrected chi connectivity index (χ0v) is 11.0. The Hall–Kier alpha value is -1.68. The van der Waals surface area contributed by atoms with Crippen molar-refractivity contribution in [2.24, 2.45) is 0 Å². The van der Waals surface area contributed by atoms with Crippen LogP contribution in [0, 0.1) is 13.8 Å². The van der Waals surface area contributed by atoms with Crippen molar-refractivity contribution >= 4 is 0 Å². The molecule has 0 amide bonds. The van der Waals surface area contributed by atoms with Crippen molar-refractivity contribution in [2.75, 3.05) is 0 Å². The summed E-state index contributed by atoms with van der Waals surface area (Å²) in [5.41, 5.74) is 4.33. The molecule has 2 unspecified atom stereocenters. The largest absolute Gasteiger partial charge is 0.309 e. The van der Waals surface area contributed by atoms with Gasteiger partial charge in [-0.3, -0.25) is 0 Å². The monoisotopic (exact) mass is 256 g/mol. The van der Waals surface area contributed by atoms with E-state index in [9.17, 15) is 0 Å². The molecular formula is C16H16O3. The highest BCUT2D eigenvalue weighted by molar-refractivity contribution is 5.24. The lowest BCUT2D eigenvalue weighted by atomic mass is 10.1. The van der Waals surface area contributed by atoms with Gasteiger partial charge in [0.1, 0.15) is 0 Å². The molecule has 1 fully saturated rings. The summed E-state index contributed by atoms with van der Waals surface area (Å²) < 4.78 is 5.77. The van der Waals surface area contributed by atoms with E-state index in [0.717, 1.165) is 11.1 Å². The molecule has 19 heavy (non-hydrogen) atoms. The van der Waals surface area contributed by atoms with Crippen LogP contribution in [0.5, 0.6) is 0 Å². The molecular weight excluding hydrogens is 240 g/mol. The van der Waals surface area contributed by atoms with Gasteiger partial charge in [-0.2, -0.15) is 9.78 Å². The Kier molecular flexibility index (Phi) is 3.34. The van der Waals surface area contributed by atoms with Crippen LogP contribution < -0.4 is 0 Å².